The van der Waals surface area contributed by atoms with Crippen molar-refractivity contribution in [3.63, 3.8) is 0 Å². The van der Waals surface area contributed by atoms with E-state index in [0.29, 0.717) is 30.3 Å². The van der Waals surface area contributed by atoms with Crippen LogP contribution in [0, 0.1) is 5.92 Å². The monoisotopic (exact) mass is 508 g/mol. The molecule has 1 amide bonds. The van der Waals surface area contributed by atoms with E-state index in [1.165, 1.54) is 32.1 Å². The zero-order chi connectivity index (χ0) is 25.0. The SMILES string of the molecule is CC(Oc1ccc(CNc2c(Cl)ccc3c2CCN(C(=O)C(F)(F)F)CC3)cc1)C1CCCCC1. The molecule has 35 heavy (non-hydrogen) atoms. The first-order valence-corrected chi connectivity index (χ1v) is 12.8. The number of halogens is 4. The van der Waals surface area contributed by atoms with Gasteiger partial charge in [0, 0.05) is 19.6 Å². The predicted octanol–water partition coefficient (Wildman–Crippen LogP) is 6.79. The van der Waals surface area contributed by atoms with Gasteiger partial charge in [0.15, 0.2) is 0 Å². The summed E-state index contributed by atoms with van der Waals surface area (Å²) in [4.78, 5) is 12.6. The lowest BCUT2D eigenvalue weighted by atomic mass is 9.86. The summed E-state index contributed by atoms with van der Waals surface area (Å²) >= 11 is 6.47. The molecular weight excluding hydrogens is 477 g/mol. The van der Waals surface area contributed by atoms with E-state index in [9.17, 15) is 18.0 Å². The molecule has 1 N–H and O–H groups in total. The van der Waals surface area contributed by atoms with Gasteiger partial charge in [-0.15, -0.1) is 0 Å². The summed E-state index contributed by atoms with van der Waals surface area (Å²) in [6.07, 6.45) is 2.35. The van der Waals surface area contributed by atoms with Crippen LogP contribution in [0.4, 0.5) is 18.9 Å². The van der Waals surface area contributed by atoms with Crippen LogP contribution < -0.4 is 10.1 Å². The van der Waals surface area contributed by atoms with E-state index < -0.39 is 12.1 Å². The summed E-state index contributed by atoms with van der Waals surface area (Å²) in [5.74, 6) is -0.318. The van der Waals surface area contributed by atoms with Gasteiger partial charge in [-0.3, -0.25) is 4.79 Å². The Morgan fingerprint density at radius 1 is 1.09 bits per heavy atom. The van der Waals surface area contributed by atoms with Crippen molar-refractivity contribution in [3.05, 3.63) is 58.1 Å². The topological polar surface area (TPSA) is 41.6 Å². The Hall–Kier alpha value is -2.41. The highest BCUT2D eigenvalue weighted by Gasteiger charge is 2.42. The second kappa shape index (κ2) is 11.1. The van der Waals surface area contributed by atoms with Crippen molar-refractivity contribution in [1.82, 2.24) is 4.90 Å². The number of carbonyl (C=O) groups is 1. The minimum absolute atomic E-state index is 0.00554. The van der Waals surface area contributed by atoms with Crippen LogP contribution in [0.2, 0.25) is 5.02 Å². The van der Waals surface area contributed by atoms with Gasteiger partial charge < -0.3 is 15.0 Å². The van der Waals surface area contributed by atoms with Gasteiger partial charge in [-0.25, -0.2) is 0 Å². The number of nitrogens with zero attached hydrogens (tertiary/aromatic N) is 1. The average molecular weight is 509 g/mol. The van der Waals surface area contributed by atoms with Crippen molar-refractivity contribution in [2.75, 3.05) is 18.4 Å². The molecular formula is C27H32ClF3N2O2. The van der Waals surface area contributed by atoms with Gasteiger partial charge in [-0.05, 0) is 73.4 Å². The lowest BCUT2D eigenvalue weighted by Crippen LogP contribution is -2.42. The molecule has 4 rings (SSSR count). The van der Waals surface area contributed by atoms with E-state index in [1.54, 1.807) is 6.07 Å². The highest BCUT2D eigenvalue weighted by atomic mass is 35.5. The molecule has 2 aromatic carbocycles. The third kappa shape index (κ3) is 6.43. The number of ether oxygens (including phenoxy) is 1. The fourth-order valence-electron chi connectivity index (χ4n) is 5.16. The third-order valence-electron chi connectivity index (χ3n) is 7.20. The quantitative estimate of drug-likeness (QED) is 0.467. The number of fused-ring (bicyclic) bond motifs is 1. The summed E-state index contributed by atoms with van der Waals surface area (Å²) in [5, 5.41) is 3.89. The maximum absolute atomic E-state index is 12.9. The number of amides is 1. The van der Waals surface area contributed by atoms with Gasteiger partial charge in [0.05, 0.1) is 16.8 Å². The molecule has 190 valence electrons. The first kappa shape index (κ1) is 25.7. The number of hydrogen-bond donors (Lipinski definition) is 1. The Kier molecular flexibility index (Phi) is 8.15. The van der Waals surface area contributed by atoms with Crippen LogP contribution >= 0.6 is 11.6 Å². The van der Waals surface area contributed by atoms with Crippen LogP contribution in [0.15, 0.2) is 36.4 Å². The normalized spacial score (nSPS) is 17.9. The molecule has 1 atom stereocenters. The van der Waals surface area contributed by atoms with Crippen LogP contribution in [0.3, 0.4) is 0 Å². The summed E-state index contributed by atoms with van der Waals surface area (Å²) < 4.78 is 44.9. The highest BCUT2D eigenvalue weighted by molar-refractivity contribution is 6.33. The van der Waals surface area contributed by atoms with E-state index in [0.717, 1.165) is 33.0 Å². The second-order valence-corrected chi connectivity index (χ2v) is 9.98. The standard InChI is InChI=1S/C27H32ClF3N2O2/c1-18(20-5-3-2-4-6-20)35-22-10-7-19(8-11-22)17-32-25-23-14-16-33(26(34)27(29,30)31)15-13-21(23)9-12-24(25)28/h7-12,18,20,32H,2-6,13-17H2,1H3. The minimum Gasteiger partial charge on any atom is -0.490 e. The maximum Gasteiger partial charge on any atom is 0.471 e. The summed E-state index contributed by atoms with van der Waals surface area (Å²) in [7, 11) is 0. The lowest BCUT2D eigenvalue weighted by Gasteiger charge is -2.28. The Labute approximate surface area is 209 Å². The Morgan fingerprint density at radius 2 is 1.77 bits per heavy atom. The van der Waals surface area contributed by atoms with Crippen molar-refractivity contribution >= 4 is 23.2 Å². The van der Waals surface area contributed by atoms with Gasteiger partial charge in [0.2, 0.25) is 0 Å². The van der Waals surface area contributed by atoms with Crippen LogP contribution in [-0.2, 0) is 24.2 Å². The fourth-order valence-corrected chi connectivity index (χ4v) is 5.40. The molecule has 1 fully saturated rings. The first-order valence-electron chi connectivity index (χ1n) is 12.4. The number of hydrogen-bond acceptors (Lipinski definition) is 3. The summed E-state index contributed by atoms with van der Waals surface area (Å²) in [5.41, 5.74) is 3.54. The van der Waals surface area contributed by atoms with E-state index in [1.807, 2.05) is 30.3 Å². The molecule has 0 aromatic heterocycles. The molecule has 1 aliphatic carbocycles. The molecule has 1 aliphatic heterocycles. The van der Waals surface area contributed by atoms with Crippen LogP contribution in [0.5, 0.6) is 5.75 Å². The zero-order valence-electron chi connectivity index (χ0n) is 20.0. The van der Waals surface area contributed by atoms with Crippen molar-refractivity contribution in [3.8, 4) is 5.75 Å². The Balaban J connectivity index is 1.39. The van der Waals surface area contributed by atoms with Crippen LogP contribution in [0.25, 0.3) is 0 Å². The van der Waals surface area contributed by atoms with Gasteiger partial charge in [0.1, 0.15) is 5.75 Å². The van der Waals surface area contributed by atoms with Crippen molar-refractivity contribution in [2.45, 2.75) is 70.7 Å². The second-order valence-electron chi connectivity index (χ2n) is 9.57. The maximum atomic E-state index is 12.9. The van der Waals surface area contributed by atoms with Gasteiger partial charge in [-0.1, -0.05) is 49.1 Å². The smallest absolute Gasteiger partial charge is 0.471 e. The Bertz CT molecular complexity index is 1020. The highest BCUT2D eigenvalue weighted by Crippen LogP contribution is 2.33. The predicted molar refractivity (Wildman–Crippen MR) is 132 cm³/mol. The summed E-state index contributed by atoms with van der Waals surface area (Å²) in [6.45, 7) is 2.70. The Morgan fingerprint density at radius 3 is 2.46 bits per heavy atom. The minimum atomic E-state index is -4.86. The van der Waals surface area contributed by atoms with E-state index in [2.05, 4.69) is 12.2 Å². The number of rotatable bonds is 6. The number of benzene rings is 2. The van der Waals surface area contributed by atoms with E-state index in [-0.39, 0.29) is 19.2 Å². The molecule has 0 saturated heterocycles. The molecule has 2 aromatic rings. The third-order valence-corrected chi connectivity index (χ3v) is 7.51. The van der Waals surface area contributed by atoms with Crippen LogP contribution in [-0.4, -0.2) is 36.2 Å². The molecule has 8 heteroatoms. The molecule has 1 heterocycles. The van der Waals surface area contributed by atoms with Gasteiger partial charge in [-0.2, -0.15) is 13.2 Å². The molecule has 2 aliphatic rings. The van der Waals surface area contributed by atoms with Crippen LogP contribution in [0.1, 0.15) is 55.7 Å². The molecule has 0 radical (unpaired) electrons. The number of nitrogens with one attached hydrogen (secondary N) is 1. The van der Waals surface area contributed by atoms with E-state index >= 15 is 0 Å². The molecule has 1 unspecified atom stereocenters. The van der Waals surface area contributed by atoms with E-state index in [4.69, 9.17) is 16.3 Å². The number of carbonyl (C=O) groups excluding carboxylic acids is 1. The van der Waals surface area contributed by atoms with Gasteiger partial charge in [0.25, 0.3) is 0 Å². The fraction of sp³-hybridized carbons (Fsp3) is 0.519. The van der Waals surface area contributed by atoms with Crippen molar-refractivity contribution < 1.29 is 22.7 Å². The lowest BCUT2D eigenvalue weighted by molar-refractivity contribution is -0.185. The number of anilines is 1. The zero-order valence-corrected chi connectivity index (χ0v) is 20.7. The molecule has 1 saturated carbocycles. The average Bonchev–Trinajstić information content (AvgIpc) is 3.06. The number of alkyl halides is 3. The van der Waals surface area contributed by atoms with Crippen molar-refractivity contribution in [1.29, 1.82) is 0 Å². The molecule has 4 nitrogen and oxygen atoms in total. The molecule has 0 bridgehead atoms. The first-order chi connectivity index (χ1) is 16.7. The largest absolute Gasteiger partial charge is 0.490 e. The summed E-state index contributed by atoms with van der Waals surface area (Å²) in [6, 6.07) is 11.6. The van der Waals surface area contributed by atoms with Crippen molar-refractivity contribution in [2.24, 2.45) is 5.92 Å². The molecule has 0 spiro atoms. The van der Waals surface area contributed by atoms with Gasteiger partial charge >= 0.3 is 12.1 Å².